The molecule has 39 heteroatoms. The van der Waals surface area contributed by atoms with Gasteiger partial charge in [0, 0.05) is 95.6 Å². The first kappa shape index (κ1) is 105. The molecule has 0 bridgehead atoms. The van der Waals surface area contributed by atoms with E-state index in [-0.39, 0.29) is 107 Å². The van der Waals surface area contributed by atoms with Crippen molar-refractivity contribution in [1.29, 1.82) is 0 Å². The lowest BCUT2D eigenvalue weighted by Crippen LogP contribution is -2.62. The summed E-state index contributed by atoms with van der Waals surface area (Å²) in [5, 5.41) is 55.5. The quantitative estimate of drug-likeness (QED) is 0.0362. The third kappa shape index (κ3) is 29.8. The molecule has 2 fully saturated rings. The van der Waals surface area contributed by atoms with Crippen molar-refractivity contribution in [1.82, 2.24) is 77.3 Å². The first-order valence-corrected chi connectivity index (χ1v) is 46.0. The third-order valence-electron chi connectivity index (χ3n) is 23.6. The van der Waals surface area contributed by atoms with E-state index in [9.17, 15) is 53.3 Å². The lowest BCUT2D eigenvalue weighted by molar-refractivity contribution is -0.152. The minimum absolute atomic E-state index is 0.00334. The summed E-state index contributed by atoms with van der Waals surface area (Å²) in [5.74, 6) is -23.7. The Morgan fingerprint density at radius 2 is 1.01 bits per heavy atom. The Bertz CT molecular complexity index is 5350. The van der Waals surface area contributed by atoms with Gasteiger partial charge in [0.25, 0.3) is 0 Å². The van der Waals surface area contributed by atoms with Crippen molar-refractivity contribution < 1.29 is 105 Å². The van der Waals surface area contributed by atoms with Gasteiger partial charge in [0.05, 0.1) is 25.3 Å². The van der Waals surface area contributed by atoms with Crippen LogP contribution < -0.4 is 53.6 Å². The van der Waals surface area contributed by atoms with Gasteiger partial charge in [0.2, 0.25) is 88.6 Å². The number of nitrogens with two attached hydrogens (primary N) is 1. The number of carboxylic acids is 1. The molecular weight excluding hydrogens is 1770 g/mol. The van der Waals surface area contributed by atoms with Crippen LogP contribution in [0.3, 0.4) is 0 Å². The number of H-pyrrole nitrogens is 1. The maximum atomic E-state index is 15.8. The number of nitrogens with one attached hydrogen (secondary N) is 10. The molecule has 724 valence electrons. The van der Waals surface area contributed by atoms with Crippen LogP contribution in [0.25, 0.3) is 10.9 Å². The van der Waals surface area contributed by atoms with E-state index in [2.05, 4.69) is 52.8 Å². The van der Waals surface area contributed by atoms with E-state index in [1.54, 1.807) is 126 Å². The first-order valence-electron chi connectivity index (χ1n) is 44.8. The molecule has 2 aliphatic heterocycles. The number of hydrogen-bond donors (Lipinski definition) is 14. The van der Waals surface area contributed by atoms with Crippen LogP contribution >= 0.6 is 11.8 Å². The van der Waals surface area contributed by atoms with E-state index in [0.29, 0.717) is 69.0 Å². The van der Waals surface area contributed by atoms with Crippen LogP contribution in [0.2, 0.25) is 0 Å². The number of phenolic OH excluding ortho intramolecular Hbond substituents is 2. The van der Waals surface area contributed by atoms with Crippen molar-refractivity contribution in [3.05, 3.63) is 203 Å². The summed E-state index contributed by atoms with van der Waals surface area (Å²) in [4.78, 5) is 246. The summed E-state index contributed by atoms with van der Waals surface area (Å²) in [6.45, 7) is 6.37. The number of aromatic amines is 1. The highest BCUT2D eigenvalue weighted by molar-refractivity contribution is 8.00. The van der Waals surface area contributed by atoms with Crippen molar-refractivity contribution >= 4 is 117 Å². The van der Waals surface area contributed by atoms with Crippen LogP contribution in [0.15, 0.2) is 152 Å². The molecule has 9 rings (SSSR count). The lowest BCUT2D eigenvalue weighted by Gasteiger charge is -2.37. The smallest absolute Gasteiger partial charge is 0.305 e. The number of likely N-dealkylation sites (N-methyl/N-ethyl adjacent to an activating group) is 3. The molecule has 6 aromatic carbocycles. The fourth-order valence-electron chi connectivity index (χ4n) is 16.3. The van der Waals surface area contributed by atoms with E-state index in [1.807, 2.05) is 0 Å². The van der Waals surface area contributed by atoms with Crippen molar-refractivity contribution in [2.75, 3.05) is 58.8 Å². The molecule has 0 radical (unpaired) electrons. The summed E-state index contributed by atoms with van der Waals surface area (Å²) >= 11 is 0.674. The van der Waals surface area contributed by atoms with E-state index >= 15 is 51.9 Å². The molecule has 15 N–H and O–H groups in total. The minimum atomic E-state index is -1.96. The highest BCUT2D eigenvalue weighted by atomic mass is 32.2. The zero-order chi connectivity index (χ0) is 98.4. The van der Waals surface area contributed by atoms with Crippen LogP contribution in [-0.2, 0) is 115 Å². The number of aliphatic carboxylic acids is 1. The normalized spacial score (nSPS) is 22.4. The summed E-state index contributed by atoms with van der Waals surface area (Å²) in [7, 11) is 3.75. The monoisotopic (exact) mass is 1890 g/mol. The topological polar surface area (TPSA) is 500 Å². The third-order valence-corrected chi connectivity index (χ3v) is 24.6. The molecule has 1 aromatic heterocycles. The molecule has 1 unspecified atom stereocenters. The number of aromatic nitrogens is 1. The fraction of sp³-hybridized carbons (Fsp3) is 0.438. The number of fused-ring (bicyclic) bond motifs is 2. The van der Waals surface area contributed by atoms with Gasteiger partial charge in [-0.3, -0.25) is 76.7 Å². The van der Waals surface area contributed by atoms with E-state index in [0.717, 1.165) is 19.6 Å². The second kappa shape index (κ2) is 50.3. The Balaban J connectivity index is 1.14. The Labute approximate surface area is 783 Å². The zero-order valence-electron chi connectivity index (χ0n) is 76.5. The van der Waals surface area contributed by atoms with Gasteiger partial charge in [-0.15, -0.1) is 11.8 Å². The number of unbranched alkanes of at least 4 members (excludes halogenated alkanes) is 1. The largest absolute Gasteiger partial charge is 0.508 e. The number of nitrogens with zero attached hydrogens (tertiary/aromatic N) is 5. The number of benzene rings is 6. The van der Waals surface area contributed by atoms with Crippen LogP contribution in [0.5, 0.6) is 11.5 Å². The number of halogens is 3. The number of aromatic hydroxyl groups is 2. The van der Waals surface area contributed by atoms with Gasteiger partial charge >= 0.3 is 5.97 Å². The average Bonchev–Trinajstić information content (AvgIpc) is 1.80. The van der Waals surface area contributed by atoms with Crippen molar-refractivity contribution in [2.24, 2.45) is 11.7 Å². The number of carbonyl (C=O) groups excluding carboxylic acids is 15. The second-order valence-electron chi connectivity index (χ2n) is 34.1. The van der Waals surface area contributed by atoms with Gasteiger partial charge in [-0.2, -0.15) is 0 Å². The summed E-state index contributed by atoms with van der Waals surface area (Å²) in [5.41, 5.74) is 7.94. The number of thioether (sulfide) groups is 1. The SMILES string of the molecule is CCCC[C@H]1C(=O)N(CCC)CC(=O)N[C@@H](CC(=O)O)C(=O)N[C@@H](C(C)C)C(=O)N(C)[C@@H](Cc2ccccc2)C(=O)N[C@@H](Cc2ccc(O)cc2)C(=O)N2CCC[C@@H]2C(=O)N[C@@H](Cc2c[nH]c3ccccc23)C(=O)N[C@@H](Cc2ccc(O)cc2)C(=O)N[C@@H](CCC)C(=O)N[C@H](C(=O)NCC(N)=O)CSCC(=O)N[C@@H](Cc2cc(F)c(F)c(F)c2)C(=O)N(C)C(Cc2ccccc2)C(=O)N1C. The molecule has 15 amide bonds. The van der Waals surface area contributed by atoms with Gasteiger partial charge in [0.15, 0.2) is 17.5 Å². The number of carbonyl (C=O) groups is 16. The first-order chi connectivity index (χ1) is 64.4. The van der Waals surface area contributed by atoms with E-state index in [1.165, 1.54) is 74.6 Å². The zero-order valence-corrected chi connectivity index (χ0v) is 77.3. The molecule has 3 heterocycles. The van der Waals surface area contributed by atoms with Gasteiger partial charge < -0.3 is 98.4 Å². The van der Waals surface area contributed by atoms with Crippen LogP contribution in [0.1, 0.15) is 126 Å². The number of phenols is 2. The Morgan fingerprint density at radius 1 is 0.504 bits per heavy atom. The summed E-state index contributed by atoms with van der Waals surface area (Å²) in [6.07, 6.45) is -0.545. The molecular formula is C96H119F3N16O19S. The van der Waals surface area contributed by atoms with Crippen molar-refractivity contribution in [3.63, 3.8) is 0 Å². The fourth-order valence-corrected chi connectivity index (χ4v) is 17.1. The van der Waals surface area contributed by atoms with Crippen LogP contribution in [0, 0.1) is 23.4 Å². The van der Waals surface area contributed by atoms with Gasteiger partial charge in [0.1, 0.15) is 84.0 Å². The second-order valence-corrected chi connectivity index (χ2v) is 35.1. The summed E-state index contributed by atoms with van der Waals surface area (Å²) < 4.78 is 45.1. The molecule has 0 aliphatic carbocycles. The van der Waals surface area contributed by atoms with E-state index < -0.39 is 228 Å². The summed E-state index contributed by atoms with van der Waals surface area (Å²) in [6, 6.07) is 16.7. The van der Waals surface area contributed by atoms with Crippen molar-refractivity contribution in [2.45, 2.75) is 203 Å². The molecule has 2 aliphatic rings. The number of para-hydroxylation sites is 1. The van der Waals surface area contributed by atoms with Gasteiger partial charge in [-0.05, 0) is 114 Å². The van der Waals surface area contributed by atoms with Crippen LogP contribution in [-0.4, -0.2) is 271 Å². The Morgan fingerprint density at radius 3 is 1.60 bits per heavy atom. The molecule has 7 aromatic rings. The maximum Gasteiger partial charge on any atom is 0.305 e. The molecule has 135 heavy (non-hydrogen) atoms. The predicted molar refractivity (Wildman–Crippen MR) is 494 cm³/mol. The molecule has 12 atom stereocenters. The highest BCUT2D eigenvalue weighted by Crippen LogP contribution is 2.28. The minimum Gasteiger partial charge on any atom is -0.508 e. The predicted octanol–water partition coefficient (Wildman–Crippen LogP) is 3.81. The lowest BCUT2D eigenvalue weighted by atomic mass is 9.98. The molecule has 0 spiro atoms. The van der Waals surface area contributed by atoms with Gasteiger partial charge in [-0.1, -0.05) is 157 Å². The molecule has 2 saturated heterocycles. The Hall–Kier alpha value is -13.9. The van der Waals surface area contributed by atoms with Gasteiger partial charge in [-0.25, -0.2) is 13.2 Å². The van der Waals surface area contributed by atoms with Crippen molar-refractivity contribution in [3.8, 4) is 11.5 Å². The van der Waals surface area contributed by atoms with E-state index in [4.69, 9.17) is 5.73 Å². The molecule has 0 saturated carbocycles. The number of rotatable bonds is 25. The maximum absolute atomic E-state index is 15.8. The number of carboxylic acid groups (broad SMARTS) is 1. The average molecular weight is 1890 g/mol. The number of hydrogen-bond acceptors (Lipinski definition) is 19. The standard InChI is InChI=1S/C96H119F3N16O19S/c1-9-12-29-76-95(133)114(39-11-3)52-80(119)103-71(49-82(121)122)89(127)110-84(55(4)5)96(134)112(7)77(46-56-23-15-13-16-24-56)91(129)108-73(44-59-33-37-63(117)38-34-59)93(131)115-40-21-30-75(115)90(128)107-70(48-61-50-101-67-28-20-19-27-64(61)67)88(126)106-69(43-58-31-35-62(116)36-32-58)87(125)105-68(22-10-2)86(124)109-74(85(123)102-51-79(100)118)53-135-54-81(120)104-72(45-60-41-65(97)83(99)66(98)42-60)92(130)113(8)78(94(132)111(76)6)47-57-25-17-14-18-26-57/h13-20,23-28,31-38,41-42,50,55,68-78,84,101,116-117H,9-12,21-22,29-30,39-40,43-49,51-54H2,1-8H3,(H2,100,118)(H,102,123)(H,103,119)(H,104,120)(H,105,125)(H,106,126)(H,107,128)(H,108,129)(H,109,124)(H,110,127)(H,121,122)/t68-,69-,70-,71-,72-,73-,74-,75+,76-,77-,78?,84-/m0/s1. The number of primary amides is 1. The number of amides is 15. The van der Waals surface area contributed by atoms with Crippen LogP contribution in [0.4, 0.5) is 13.2 Å². The highest BCUT2D eigenvalue weighted by Gasteiger charge is 2.45. The Kier molecular flexibility index (Phi) is 39.0. The molecule has 35 nitrogen and oxygen atoms in total.